The van der Waals surface area contributed by atoms with Crippen molar-refractivity contribution in [2.45, 2.75) is 52.4 Å². The van der Waals surface area contributed by atoms with E-state index in [0.717, 1.165) is 16.7 Å². The Morgan fingerprint density at radius 3 is 2.00 bits per heavy atom. The van der Waals surface area contributed by atoms with E-state index in [1.54, 1.807) is 6.21 Å². The van der Waals surface area contributed by atoms with E-state index in [4.69, 9.17) is 40.1 Å². The van der Waals surface area contributed by atoms with Crippen molar-refractivity contribution in [1.29, 1.82) is 5.26 Å². The predicted molar refractivity (Wildman–Crippen MR) is 121 cm³/mol. The van der Waals surface area contributed by atoms with Crippen molar-refractivity contribution in [3.05, 3.63) is 49.6 Å². The van der Waals surface area contributed by atoms with Gasteiger partial charge in [0, 0.05) is 11.1 Å². The second-order valence-electron chi connectivity index (χ2n) is 8.70. The molecule has 0 radical (unpaired) electrons. The van der Waals surface area contributed by atoms with Gasteiger partial charge in [-0.15, -0.1) is 0 Å². The fourth-order valence-electron chi connectivity index (χ4n) is 2.72. The highest BCUT2D eigenvalue weighted by Gasteiger charge is 2.26. The van der Waals surface area contributed by atoms with Gasteiger partial charge in [0.1, 0.15) is 22.4 Å². The molecule has 0 aliphatic rings. The van der Waals surface area contributed by atoms with Crippen LogP contribution in [0.4, 0.5) is 5.82 Å². The predicted octanol–water partition coefficient (Wildman–Crippen LogP) is 6.66. The lowest BCUT2D eigenvalue weighted by Crippen LogP contribution is -2.18. The Kier molecular flexibility index (Phi) is 6.74. The summed E-state index contributed by atoms with van der Waals surface area (Å²) in [6, 6.07) is 5.64. The Hall–Kier alpha value is -2.00. The third-order valence-electron chi connectivity index (χ3n) is 4.28. The largest absolute Gasteiger partial charge is 0.507 e. The van der Waals surface area contributed by atoms with Gasteiger partial charge in [-0.1, -0.05) is 76.3 Å². The van der Waals surface area contributed by atoms with E-state index in [1.165, 1.54) is 0 Å². The number of nitriles is 1. The summed E-state index contributed by atoms with van der Waals surface area (Å²) in [5, 5.41) is 24.0. The van der Waals surface area contributed by atoms with E-state index < -0.39 is 0 Å². The van der Waals surface area contributed by atoms with E-state index in [9.17, 15) is 5.11 Å². The third-order valence-corrected chi connectivity index (χ3v) is 5.40. The van der Waals surface area contributed by atoms with Crippen molar-refractivity contribution in [2.75, 3.05) is 5.43 Å². The SMILES string of the molecule is CC(C)(C)c1cc(C=NNc2nc(Cl)c(C#N)c(Cl)c2Cl)cc(C(C)(C)C)c1O. The molecular formula is C21H23Cl3N4O. The van der Waals surface area contributed by atoms with E-state index in [2.05, 4.69) is 15.5 Å². The van der Waals surface area contributed by atoms with Gasteiger partial charge in [-0.3, -0.25) is 5.43 Å². The number of aromatic hydroxyl groups is 1. The summed E-state index contributed by atoms with van der Waals surface area (Å²) in [5.74, 6) is 0.438. The van der Waals surface area contributed by atoms with Crippen LogP contribution in [-0.4, -0.2) is 16.3 Å². The number of phenolic OH excluding ortho intramolecular Hbond substituents is 1. The standard InChI is InChI=1S/C21H23Cl3N4O/c1-20(2,3)13-7-11(8-14(17(13)29)21(4,5)6)10-26-28-19-16(23)15(22)12(9-25)18(24)27-19/h7-8,10,29H,1-6H3,(H,27,28). The Morgan fingerprint density at radius 1 is 1.03 bits per heavy atom. The molecule has 0 aliphatic carbocycles. The topological polar surface area (TPSA) is 81.3 Å². The van der Waals surface area contributed by atoms with Crippen molar-refractivity contribution >= 4 is 46.8 Å². The van der Waals surface area contributed by atoms with Gasteiger partial charge in [0.05, 0.1) is 11.2 Å². The molecule has 154 valence electrons. The minimum atomic E-state index is -0.250. The zero-order chi connectivity index (χ0) is 22.1. The molecule has 0 unspecified atom stereocenters. The molecule has 0 fully saturated rings. The van der Waals surface area contributed by atoms with E-state index in [1.807, 2.05) is 59.7 Å². The molecule has 0 saturated heterocycles. The molecule has 0 amide bonds. The molecule has 0 saturated carbocycles. The number of aromatic nitrogens is 1. The summed E-state index contributed by atoms with van der Waals surface area (Å²) >= 11 is 18.2. The van der Waals surface area contributed by atoms with Crippen LogP contribution in [0.25, 0.3) is 0 Å². The van der Waals surface area contributed by atoms with E-state index >= 15 is 0 Å². The first-order valence-electron chi connectivity index (χ1n) is 8.89. The van der Waals surface area contributed by atoms with Gasteiger partial charge in [-0.25, -0.2) is 4.98 Å². The Labute approximate surface area is 186 Å². The molecule has 2 aromatic rings. The molecule has 1 heterocycles. The first-order chi connectivity index (χ1) is 13.3. The average molecular weight is 454 g/mol. The Balaban J connectivity index is 2.45. The molecule has 0 atom stereocenters. The Bertz CT molecular complexity index is 978. The summed E-state index contributed by atoms with van der Waals surface area (Å²) in [6.07, 6.45) is 1.60. The number of hydrogen-bond acceptors (Lipinski definition) is 5. The highest BCUT2D eigenvalue weighted by atomic mass is 35.5. The minimum Gasteiger partial charge on any atom is -0.507 e. The molecule has 8 heteroatoms. The van der Waals surface area contributed by atoms with Crippen molar-refractivity contribution in [2.24, 2.45) is 5.10 Å². The first kappa shape index (κ1) is 23.3. The number of nitrogens with one attached hydrogen (secondary N) is 1. The summed E-state index contributed by atoms with van der Waals surface area (Å²) in [4.78, 5) is 4.02. The number of benzene rings is 1. The van der Waals surface area contributed by atoms with Crippen LogP contribution in [0.1, 0.15) is 63.8 Å². The summed E-state index contributed by atoms with van der Waals surface area (Å²) in [6.45, 7) is 12.2. The van der Waals surface area contributed by atoms with Gasteiger partial charge in [0.2, 0.25) is 0 Å². The monoisotopic (exact) mass is 452 g/mol. The summed E-state index contributed by atoms with van der Waals surface area (Å²) in [7, 11) is 0. The summed E-state index contributed by atoms with van der Waals surface area (Å²) in [5.41, 5.74) is 4.67. The second kappa shape index (κ2) is 8.39. The van der Waals surface area contributed by atoms with E-state index in [0.29, 0.717) is 5.75 Å². The number of phenols is 1. The van der Waals surface area contributed by atoms with Crippen LogP contribution in [0.5, 0.6) is 5.75 Å². The number of nitrogens with zero attached hydrogens (tertiary/aromatic N) is 3. The zero-order valence-corrected chi connectivity index (χ0v) is 19.4. The molecule has 0 aliphatic heterocycles. The maximum atomic E-state index is 10.8. The van der Waals surface area contributed by atoms with Crippen LogP contribution in [0.15, 0.2) is 17.2 Å². The molecular weight excluding hydrogens is 431 g/mol. The lowest BCUT2D eigenvalue weighted by Gasteiger charge is -2.27. The van der Waals surface area contributed by atoms with Crippen molar-refractivity contribution in [3.63, 3.8) is 0 Å². The summed E-state index contributed by atoms with van der Waals surface area (Å²) < 4.78 is 0. The fourth-order valence-corrected chi connectivity index (χ4v) is 3.39. The van der Waals surface area contributed by atoms with Crippen LogP contribution in [0, 0.1) is 11.3 Å². The number of halogens is 3. The van der Waals surface area contributed by atoms with Gasteiger partial charge >= 0.3 is 0 Å². The molecule has 0 bridgehead atoms. The maximum Gasteiger partial charge on any atom is 0.168 e. The normalized spacial score (nSPS) is 12.3. The van der Waals surface area contributed by atoms with Crippen molar-refractivity contribution in [1.82, 2.24) is 4.98 Å². The lowest BCUT2D eigenvalue weighted by atomic mass is 9.78. The minimum absolute atomic E-state index is 0.0102. The van der Waals surface area contributed by atoms with Gasteiger partial charge in [-0.05, 0) is 28.5 Å². The van der Waals surface area contributed by atoms with Gasteiger partial charge < -0.3 is 5.11 Å². The molecule has 2 rings (SSSR count). The number of pyridine rings is 1. The van der Waals surface area contributed by atoms with Crippen LogP contribution in [-0.2, 0) is 10.8 Å². The Morgan fingerprint density at radius 2 is 1.55 bits per heavy atom. The number of hydrogen-bond donors (Lipinski definition) is 2. The number of rotatable bonds is 3. The highest BCUT2D eigenvalue weighted by Crippen LogP contribution is 2.39. The zero-order valence-electron chi connectivity index (χ0n) is 17.2. The average Bonchev–Trinajstić information content (AvgIpc) is 2.58. The third kappa shape index (κ3) is 5.14. The number of hydrazone groups is 1. The van der Waals surface area contributed by atoms with Gasteiger partial charge in [0.25, 0.3) is 0 Å². The highest BCUT2D eigenvalue weighted by molar-refractivity contribution is 6.45. The van der Waals surface area contributed by atoms with Crippen LogP contribution >= 0.6 is 34.8 Å². The molecule has 1 aromatic carbocycles. The molecule has 5 nitrogen and oxygen atoms in total. The van der Waals surface area contributed by atoms with Crippen LogP contribution in [0.3, 0.4) is 0 Å². The fraction of sp³-hybridized carbons (Fsp3) is 0.381. The second-order valence-corrected chi connectivity index (χ2v) is 9.81. The van der Waals surface area contributed by atoms with E-state index in [-0.39, 0.29) is 37.4 Å². The molecule has 2 N–H and O–H groups in total. The van der Waals surface area contributed by atoms with Crippen molar-refractivity contribution in [3.8, 4) is 11.8 Å². The first-order valence-corrected chi connectivity index (χ1v) is 10.0. The van der Waals surface area contributed by atoms with Crippen LogP contribution in [0.2, 0.25) is 15.2 Å². The lowest BCUT2D eigenvalue weighted by molar-refractivity contribution is 0.423. The van der Waals surface area contributed by atoms with Crippen molar-refractivity contribution < 1.29 is 5.11 Å². The van der Waals surface area contributed by atoms with Gasteiger partial charge in [0.15, 0.2) is 11.0 Å². The molecule has 0 spiro atoms. The van der Waals surface area contributed by atoms with Gasteiger partial charge in [-0.2, -0.15) is 10.4 Å². The molecule has 1 aromatic heterocycles. The maximum absolute atomic E-state index is 10.8. The van der Waals surface area contributed by atoms with Crippen LogP contribution < -0.4 is 5.43 Å². The quantitative estimate of drug-likeness (QED) is 0.309. The molecule has 29 heavy (non-hydrogen) atoms. The smallest absolute Gasteiger partial charge is 0.168 e. The number of anilines is 1.